The van der Waals surface area contributed by atoms with Crippen molar-refractivity contribution in [2.75, 3.05) is 13.1 Å². The number of aromatic hydroxyl groups is 1. The third-order valence-electron chi connectivity index (χ3n) is 6.94. The molecule has 0 saturated heterocycles. The molecule has 2 aliphatic rings. The standard InChI is InChI=1S/C27H40N4O3/c1-5-7-9-11-17-30-26(33)23(19(3)28-30)25(21-13-15-22(32)16-14-21)24-20(4)29-31(27(24)34)18-12-10-8-6-2/h13-16,23-25,32H,5-12,17-18H2,1-4H3/t23-,24+,25?. The predicted molar refractivity (Wildman–Crippen MR) is 136 cm³/mol. The number of unbranched alkanes of at least 4 members (excludes halogenated alkanes) is 6. The van der Waals surface area contributed by atoms with Gasteiger partial charge in [-0.2, -0.15) is 10.2 Å². The first-order valence-electron chi connectivity index (χ1n) is 12.9. The number of nitrogens with zero attached hydrogens (tertiary/aromatic N) is 4. The summed E-state index contributed by atoms with van der Waals surface area (Å²) >= 11 is 0. The summed E-state index contributed by atoms with van der Waals surface area (Å²) in [5.41, 5.74) is 2.32. The zero-order chi connectivity index (χ0) is 24.7. The van der Waals surface area contributed by atoms with Crippen LogP contribution in [0.3, 0.4) is 0 Å². The summed E-state index contributed by atoms with van der Waals surface area (Å²) in [6.07, 6.45) is 8.54. The maximum atomic E-state index is 13.6. The molecule has 1 aromatic carbocycles. The van der Waals surface area contributed by atoms with Crippen LogP contribution in [-0.4, -0.2) is 51.5 Å². The van der Waals surface area contributed by atoms with Crippen LogP contribution in [0.1, 0.15) is 90.5 Å². The van der Waals surface area contributed by atoms with Gasteiger partial charge in [0.15, 0.2) is 0 Å². The van der Waals surface area contributed by atoms with Crippen LogP contribution in [0.15, 0.2) is 34.5 Å². The zero-order valence-corrected chi connectivity index (χ0v) is 21.2. The SMILES string of the molecule is CCCCCCN1N=C(C)[C@H](C(c2ccc(O)cc2)[C@H]2C(=O)N(CCCCCC)N=C2C)C1=O. The lowest BCUT2D eigenvalue weighted by atomic mass is 9.73. The predicted octanol–water partition coefficient (Wildman–Crippen LogP) is 5.31. The van der Waals surface area contributed by atoms with Crippen LogP contribution in [0.4, 0.5) is 0 Å². The Labute approximate surface area is 203 Å². The molecule has 0 radical (unpaired) electrons. The molecular weight excluding hydrogens is 428 g/mol. The summed E-state index contributed by atoms with van der Waals surface area (Å²) in [4.78, 5) is 27.1. The van der Waals surface area contributed by atoms with Crippen molar-refractivity contribution in [2.24, 2.45) is 22.0 Å². The lowest BCUT2D eigenvalue weighted by Crippen LogP contribution is -2.40. The second kappa shape index (κ2) is 12.1. The van der Waals surface area contributed by atoms with Crippen molar-refractivity contribution >= 4 is 23.2 Å². The van der Waals surface area contributed by atoms with Crippen LogP contribution in [-0.2, 0) is 9.59 Å². The molecule has 1 N–H and O–H groups in total. The third kappa shape index (κ3) is 5.86. The smallest absolute Gasteiger partial charge is 0.252 e. The van der Waals surface area contributed by atoms with Crippen molar-refractivity contribution in [3.8, 4) is 5.75 Å². The fourth-order valence-corrected chi connectivity index (χ4v) is 5.08. The van der Waals surface area contributed by atoms with E-state index in [0.717, 1.165) is 68.4 Å². The average molecular weight is 469 g/mol. The van der Waals surface area contributed by atoms with E-state index in [-0.39, 0.29) is 17.6 Å². The molecule has 2 amide bonds. The van der Waals surface area contributed by atoms with Gasteiger partial charge in [0.05, 0.1) is 11.8 Å². The quantitative estimate of drug-likeness (QED) is 0.398. The van der Waals surface area contributed by atoms with Gasteiger partial charge in [0.2, 0.25) is 0 Å². The maximum absolute atomic E-state index is 13.6. The van der Waals surface area contributed by atoms with Crippen molar-refractivity contribution in [3.63, 3.8) is 0 Å². The van der Waals surface area contributed by atoms with E-state index in [4.69, 9.17) is 0 Å². The molecule has 0 bridgehead atoms. The molecule has 34 heavy (non-hydrogen) atoms. The minimum atomic E-state index is -0.519. The van der Waals surface area contributed by atoms with E-state index in [1.165, 1.54) is 0 Å². The van der Waals surface area contributed by atoms with Crippen molar-refractivity contribution in [1.29, 1.82) is 0 Å². The normalized spacial score (nSPS) is 21.3. The second-order valence-corrected chi connectivity index (χ2v) is 9.60. The lowest BCUT2D eigenvalue weighted by Gasteiger charge is -2.28. The highest BCUT2D eigenvalue weighted by Gasteiger charge is 2.49. The third-order valence-corrected chi connectivity index (χ3v) is 6.94. The molecule has 0 fully saturated rings. The average Bonchev–Trinajstić information content (AvgIpc) is 3.25. The van der Waals surface area contributed by atoms with Gasteiger partial charge < -0.3 is 5.11 Å². The van der Waals surface area contributed by atoms with Crippen molar-refractivity contribution in [3.05, 3.63) is 29.8 Å². The molecule has 0 aromatic heterocycles. The highest BCUT2D eigenvalue weighted by Crippen LogP contribution is 2.41. The van der Waals surface area contributed by atoms with E-state index in [0.29, 0.717) is 13.1 Å². The van der Waals surface area contributed by atoms with E-state index in [1.54, 1.807) is 22.2 Å². The number of rotatable bonds is 13. The molecule has 1 unspecified atom stereocenters. The van der Waals surface area contributed by atoms with Gasteiger partial charge in [0, 0.05) is 30.4 Å². The molecule has 7 nitrogen and oxygen atoms in total. The number of phenols is 1. The Hall–Kier alpha value is -2.70. The Morgan fingerprint density at radius 1 is 0.765 bits per heavy atom. The Kier molecular flexibility index (Phi) is 9.25. The monoisotopic (exact) mass is 468 g/mol. The van der Waals surface area contributed by atoms with Crippen molar-refractivity contribution in [2.45, 2.75) is 85.0 Å². The van der Waals surface area contributed by atoms with Gasteiger partial charge in [-0.25, -0.2) is 10.0 Å². The molecule has 1 aromatic rings. The zero-order valence-electron chi connectivity index (χ0n) is 21.2. The molecule has 7 heteroatoms. The molecular formula is C27H40N4O3. The van der Waals surface area contributed by atoms with Crippen molar-refractivity contribution in [1.82, 2.24) is 10.0 Å². The van der Waals surface area contributed by atoms with E-state index in [2.05, 4.69) is 24.1 Å². The topological polar surface area (TPSA) is 85.6 Å². The number of hydrazone groups is 2. The fourth-order valence-electron chi connectivity index (χ4n) is 5.08. The minimum absolute atomic E-state index is 0.0472. The molecule has 186 valence electrons. The number of carbonyl (C=O) groups excluding carboxylic acids is 2. The van der Waals surface area contributed by atoms with Gasteiger partial charge in [0.25, 0.3) is 11.8 Å². The number of benzene rings is 1. The van der Waals surface area contributed by atoms with Crippen LogP contribution >= 0.6 is 0 Å². The molecule has 0 spiro atoms. The van der Waals surface area contributed by atoms with Crippen molar-refractivity contribution < 1.29 is 14.7 Å². The van der Waals surface area contributed by atoms with E-state index < -0.39 is 17.8 Å². The van der Waals surface area contributed by atoms with Gasteiger partial charge >= 0.3 is 0 Å². The summed E-state index contributed by atoms with van der Waals surface area (Å²) < 4.78 is 0. The lowest BCUT2D eigenvalue weighted by molar-refractivity contribution is -0.135. The fraction of sp³-hybridized carbons (Fsp3) is 0.630. The molecule has 0 aliphatic carbocycles. The summed E-state index contributed by atoms with van der Waals surface area (Å²) in [6.45, 7) is 9.30. The molecule has 3 atom stereocenters. The van der Waals surface area contributed by atoms with Crippen LogP contribution in [0.5, 0.6) is 5.75 Å². The Bertz CT molecular complexity index is 857. The highest BCUT2D eigenvalue weighted by molar-refractivity contribution is 6.12. The number of carbonyl (C=O) groups is 2. The van der Waals surface area contributed by atoms with Gasteiger partial charge in [0.1, 0.15) is 5.75 Å². The molecule has 2 aliphatic heterocycles. The summed E-state index contributed by atoms with van der Waals surface area (Å²) in [5, 5.41) is 22.3. The summed E-state index contributed by atoms with van der Waals surface area (Å²) in [5.74, 6) is -1.38. The summed E-state index contributed by atoms with van der Waals surface area (Å²) in [6, 6.07) is 6.86. The summed E-state index contributed by atoms with van der Waals surface area (Å²) in [7, 11) is 0. The first-order valence-corrected chi connectivity index (χ1v) is 12.9. The number of amides is 2. The van der Waals surface area contributed by atoms with Gasteiger partial charge in [-0.3, -0.25) is 9.59 Å². The molecule has 3 rings (SSSR count). The van der Waals surface area contributed by atoms with E-state index in [1.807, 2.05) is 26.0 Å². The Morgan fingerprint density at radius 3 is 1.62 bits per heavy atom. The molecule has 0 saturated carbocycles. The number of phenolic OH excluding ortho intramolecular Hbond substituents is 1. The first kappa shape index (κ1) is 25.9. The van der Waals surface area contributed by atoms with Crippen LogP contribution in [0.2, 0.25) is 0 Å². The highest BCUT2D eigenvalue weighted by atomic mass is 16.3. The largest absolute Gasteiger partial charge is 0.508 e. The van der Waals surface area contributed by atoms with E-state index in [9.17, 15) is 14.7 Å². The number of hydrogen-bond donors (Lipinski definition) is 1. The van der Waals surface area contributed by atoms with Crippen LogP contribution in [0, 0.1) is 11.8 Å². The maximum Gasteiger partial charge on any atom is 0.252 e. The van der Waals surface area contributed by atoms with Gasteiger partial charge in [-0.15, -0.1) is 0 Å². The molecule has 2 heterocycles. The second-order valence-electron chi connectivity index (χ2n) is 9.60. The Morgan fingerprint density at radius 2 is 1.21 bits per heavy atom. The van der Waals surface area contributed by atoms with Crippen LogP contribution in [0.25, 0.3) is 0 Å². The van der Waals surface area contributed by atoms with E-state index >= 15 is 0 Å². The van der Waals surface area contributed by atoms with Gasteiger partial charge in [-0.05, 0) is 44.4 Å². The first-order chi connectivity index (χ1) is 16.4. The minimum Gasteiger partial charge on any atom is -0.508 e. The Balaban J connectivity index is 1.85. The van der Waals surface area contributed by atoms with Gasteiger partial charge in [-0.1, -0.05) is 64.5 Å². The number of hydrogen-bond acceptors (Lipinski definition) is 5. The van der Waals surface area contributed by atoms with Crippen LogP contribution < -0.4 is 0 Å².